The first-order chi connectivity index (χ1) is 6.95. The zero-order chi connectivity index (χ0) is 12.2. The van der Waals surface area contributed by atoms with Gasteiger partial charge in [0.25, 0.3) is 5.56 Å². The molecule has 0 saturated carbocycles. The molecule has 4 heteroatoms. The Hall–Kier alpha value is -0.830. The van der Waals surface area contributed by atoms with Crippen LogP contribution in [0.3, 0.4) is 0 Å². The fourth-order valence-corrected chi connectivity index (χ4v) is 1.47. The highest BCUT2D eigenvalue weighted by Crippen LogP contribution is 2.18. The zero-order valence-corrected chi connectivity index (χ0v) is 11.0. The van der Waals surface area contributed by atoms with Gasteiger partial charge in [-0.3, -0.25) is 9.36 Å². The standard InChI is InChI=1S/C9H13ClN2O.C2H6/c1-5(2)8-7(10)9(13)12(4)6(3)11-8;1-2/h5H,1-4H3;1-2H3. The summed E-state index contributed by atoms with van der Waals surface area (Å²) in [5.41, 5.74) is 0.514. The first kappa shape index (κ1) is 14.2. The molecule has 0 bridgehead atoms. The molecular weight excluding hydrogens is 212 g/mol. The minimum Gasteiger partial charge on any atom is -0.299 e. The van der Waals surface area contributed by atoms with Gasteiger partial charge in [-0.05, 0) is 12.8 Å². The van der Waals surface area contributed by atoms with Crippen molar-refractivity contribution in [2.45, 2.75) is 40.5 Å². The fraction of sp³-hybridized carbons (Fsp3) is 0.636. The molecule has 0 radical (unpaired) electrons. The van der Waals surface area contributed by atoms with Crippen LogP contribution in [0.15, 0.2) is 4.79 Å². The average molecular weight is 231 g/mol. The molecule has 0 saturated heterocycles. The van der Waals surface area contributed by atoms with Gasteiger partial charge in [0.2, 0.25) is 0 Å². The Bertz CT molecular complexity index is 383. The van der Waals surface area contributed by atoms with Gasteiger partial charge < -0.3 is 0 Å². The Morgan fingerprint density at radius 1 is 1.33 bits per heavy atom. The zero-order valence-electron chi connectivity index (χ0n) is 10.3. The molecule has 1 rings (SSSR count). The lowest BCUT2D eigenvalue weighted by molar-refractivity contribution is 0.723. The van der Waals surface area contributed by atoms with E-state index in [-0.39, 0.29) is 16.5 Å². The second-order valence-corrected chi connectivity index (χ2v) is 3.76. The van der Waals surface area contributed by atoms with Crippen LogP contribution < -0.4 is 5.56 Å². The lowest BCUT2D eigenvalue weighted by atomic mass is 10.1. The molecule has 1 aromatic rings. The van der Waals surface area contributed by atoms with E-state index in [2.05, 4.69) is 4.98 Å². The third-order valence-electron chi connectivity index (χ3n) is 2.03. The van der Waals surface area contributed by atoms with E-state index >= 15 is 0 Å². The molecule has 0 unspecified atom stereocenters. The smallest absolute Gasteiger partial charge is 0.272 e. The summed E-state index contributed by atoms with van der Waals surface area (Å²) in [6.45, 7) is 9.73. The largest absolute Gasteiger partial charge is 0.299 e. The van der Waals surface area contributed by atoms with Gasteiger partial charge in [-0.1, -0.05) is 39.3 Å². The second kappa shape index (κ2) is 5.91. The highest BCUT2D eigenvalue weighted by atomic mass is 35.5. The van der Waals surface area contributed by atoms with Gasteiger partial charge in [-0.15, -0.1) is 0 Å². The molecule has 3 nitrogen and oxygen atoms in total. The van der Waals surface area contributed by atoms with Gasteiger partial charge in [-0.25, -0.2) is 4.98 Å². The lowest BCUT2D eigenvalue weighted by Crippen LogP contribution is -2.23. The van der Waals surface area contributed by atoms with E-state index in [0.29, 0.717) is 11.5 Å². The van der Waals surface area contributed by atoms with Crippen molar-refractivity contribution in [2.24, 2.45) is 7.05 Å². The van der Waals surface area contributed by atoms with Gasteiger partial charge in [-0.2, -0.15) is 0 Å². The number of nitrogens with zero attached hydrogens (tertiary/aromatic N) is 2. The van der Waals surface area contributed by atoms with Crippen molar-refractivity contribution >= 4 is 11.6 Å². The molecule has 0 amide bonds. The first-order valence-electron chi connectivity index (χ1n) is 5.18. The number of aryl methyl sites for hydroxylation is 1. The van der Waals surface area contributed by atoms with E-state index in [1.165, 1.54) is 4.57 Å². The van der Waals surface area contributed by atoms with E-state index in [4.69, 9.17) is 11.6 Å². The van der Waals surface area contributed by atoms with Crippen LogP contribution in [0.5, 0.6) is 0 Å². The molecule has 0 aliphatic rings. The molecule has 0 atom stereocenters. The lowest BCUT2D eigenvalue weighted by Gasteiger charge is -2.10. The number of halogens is 1. The summed E-state index contributed by atoms with van der Waals surface area (Å²) in [4.78, 5) is 15.8. The summed E-state index contributed by atoms with van der Waals surface area (Å²) in [6, 6.07) is 0. The SMILES string of the molecule is CC.Cc1nc(C(C)C)c(Cl)c(=O)n1C. The Morgan fingerprint density at radius 2 is 1.80 bits per heavy atom. The predicted molar refractivity (Wildman–Crippen MR) is 64.7 cm³/mol. The van der Waals surface area contributed by atoms with E-state index in [1.54, 1.807) is 14.0 Å². The number of hydrogen-bond donors (Lipinski definition) is 0. The topological polar surface area (TPSA) is 34.9 Å². The van der Waals surface area contributed by atoms with Crippen molar-refractivity contribution in [3.63, 3.8) is 0 Å². The molecule has 1 aromatic heterocycles. The molecule has 0 aromatic carbocycles. The molecule has 15 heavy (non-hydrogen) atoms. The minimum atomic E-state index is -0.169. The van der Waals surface area contributed by atoms with Crippen molar-refractivity contribution < 1.29 is 0 Å². The molecule has 86 valence electrons. The maximum atomic E-state index is 11.5. The van der Waals surface area contributed by atoms with Gasteiger partial charge in [0.1, 0.15) is 10.8 Å². The van der Waals surface area contributed by atoms with Crippen molar-refractivity contribution in [3.8, 4) is 0 Å². The summed E-state index contributed by atoms with van der Waals surface area (Å²) < 4.78 is 1.45. The Kier molecular flexibility index (Phi) is 5.58. The van der Waals surface area contributed by atoms with Crippen LogP contribution in [0.4, 0.5) is 0 Å². The van der Waals surface area contributed by atoms with Crippen LogP contribution in [0.25, 0.3) is 0 Å². The van der Waals surface area contributed by atoms with E-state index < -0.39 is 0 Å². The second-order valence-electron chi connectivity index (χ2n) is 3.38. The summed E-state index contributed by atoms with van der Waals surface area (Å²) in [6.07, 6.45) is 0. The third kappa shape index (κ3) is 3.06. The summed E-state index contributed by atoms with van der Waals surface area (Å²) in [7, 11) is 1.67. The van der Waals surface area contributed by atoms with Crippen molar-refractivity contribution in [3.05, 3.63) is 26.9 Å². The molecule has 0 aliphatic carbocycles. The predicted octanol–water partition coefficient (Wildman–Crippen LogP) is 2.89. The molecular formula is C11H19ClN2O. The summed E-state index contributed by atoms with van der Waals surface area (Å²) in [5, 5.41) is 0.239. The first-order valence-corrected chi connectivity index (χ1v) is 5.56. The average Bonchev–Trinajstić information content (AvgIpc) is 2.23. The van der Waals surface area contributed by atoms with Crippen LogP contribution in [-0.4, -0.2) is 9.55 Å². The van der Waals surface area contributed by atoms with Gasteiger partial charge >= 0.3 is 0 Å². The van der Waals surface area contributed by atoms with E-state index in [1.807, 2.05) is 27.7 Å². The van der Waals surface area contributed by atoms with Crippen LogP contribution >= 0.6 is 11.6 Å². The number of rotatable bonds is 1. The van der Waals surface area contributed by atoms with E-state index in [9.17, 15) is 4.79 Å². The fourth-order valence-electron chi connectivity index (χ4n) is 1.08. The maximum absolute atomic E-state index is 11.5. The van der Waals surface area contributed by atoms with Crippen LogP contribution in [0, 0.1) is 6.92 Å². The Balaban J connectivity index is 0.000000921. The van der Waals surface area contributed by atoms with Gasteiger partial charge in [0, 0.05) is 7.05 Å². The van der Waals surface area contributed by atoms with Crippen LogP contribution in [0.1, 0.15) is 45.1 Å². The van der Waals surface area contributed by atoms with Crippen LogP contribution in [0.2, 0.25) is 5.02 Å². The molecule has 0 aliphatic heterocycles. The van der Waals surface area contributed by atoms with Gasteiger partial charge in [0.05, 0.1) is 5.69 Å². The highest BCUT2D eigenvalue weighted by Gasteiger charge is 2.12. The number of aromatic nitrogens is 2. The van der Waals surface area contributed by atoms with Crippen molar-refractivity contribution in [2.75, 3.05) is 0 Å². The Labute approximate surface area is 96.1 Å². The molecule has 0 spiro atoms. The molecule has 1 heterocycles. The maximum Gasteiger partial charge on any atom is 0.272 e. The minimum absolute atomic E-state index is 0.169. The van der Waals surface area contributed by atoms with E-state index in [0.717, 1.165) is 0 Å². The third-order valence-corrected chi connectivity index (χ3v) is 2.39. The summed E-state index contributed by atoms with van der Waals surface area (Å²) >= 11 is 5.87. The summed E-state index contributed by atoms with van der Waals surface area (Å²) in [5.74, 6) is 0.873. The monoisotopic (exact) mass is 230 g/mol. The van der Waals surface area contributed by atoms with Crippen LogP contribution in [-0.2, 0) is 7.05 Å². The Morgan fingerprint density at radius 3 is 2.20 bits per heavy atom. The highest BCUT2D eigenvalue weighted by molar-refractivity contribution is 6.31. The molecule has 0 N–H and O–H groups in total. The number of hydrogen-bond acceptors (Lipinski definition) is 2. The van der Waals surface area contributed by atoms with Gasteiger partial charge in [0.15, 0.2) is 0 Å². The normalized spacial score (nSPS) is 9.87. The van der Waals surface area contributed by atoms with Crippen molar-refractivity contribution in [1.29, 1.82) is 0 Å². The quantitative estimate of drug-likeness (QED) is 0.744. The van der Waals surface area contributed by atoms with Crippen molar-refractivity contribution in [1.82, 2.24) is 9.55 Å². The molecule has 0 fully saturated rings.